The Morgan fingerprint density at radius 3 is 2.61 bits per heavy atom. The summed E-state index contributed by atoms with van der Waals surface area (Å²) < 4.78 is 46.5. The van der Waals surface area contributed by atoms with E-state index in [0.717, 1.165) is 12.6 Å². The summed E-state index contributed by atoms with van der Waals surface area (Å²) in [6, 6.07) is 11.2. The van der Waals surface area contributed by atoms with E-state index in [1.807, 2.05) is 30.3 Å². The van der Waals surface area contributed by atoms with Crippen LogP contribution in [0.1, 0.15) is 22.3 Å². The van der Waals surface area contributed by atoms with Crippen LogP contribution < -0.4 is 10.1 Å². The molecular formula is C19H20ClF3N2O3. The van der Waals surface area contributed by atoms with Crippen LogP contribution in [0.4, 0.5) is 13.2 Å². The highest BCUT2D eigenvalue weighted by atomic mass is 35.5. The molecule has 0 bridgehead atoms. The van der Waals surface area contributed by atoms with Gasteiger partial charge in [-0.25, -0.2) is 4.98 Å². The molecule has 0 atom stereocenters. The molecule has 28 heavy (non-hydrogen) atoms. The van der Waals surface area contributed by atoms with Crippen LogP contribution in [0.2, 0.25) is 5.02 Å². The van der Waals surface area contributed by atoms with Crippen molar-refractivity contribution in [1.29, 1.82) is 0 Å². The van der Waals surface area contributed by atoms with Crippen LogP contribution in [0, 0.1) is 0 Å². The number of nitrogens with zero attached hydrogens (tertiary/aromatic N) is 1. The second-order valence-electron chi connectivity index (χ2n) is 5.87. The number of carbonyl (C=O) groups is 1. The van der Waals surface area contributed by atoms with Crippen LogP contribution in [0.5, 0.6) is 5.88 Å². The van der Waals surface area contributed by atoms with Crippen molar-refractivity contribution in [3.8, 4) is 5.88 Å². The molecule has 0 spiro atoms. The number of benzene rings is 1. The topological polar surface area (TPSA) is 60.5 Å². The minimum Gasteiger partial charge on any atom is -0.467 e. The first-order valence-corrected chi connectivity index (χ1v) is 8.98. The van der Waals surface area contributed by atoms with Crippen molar-refractivity contribution in [2.75, 3.05) is 26.4 Å². The minimum absolute atomic E-state index is 0.134. The maximum Gasteiger partial charge on any atom is 0.422 e. The third-order valence-electron chi connectivity index (χ3n) is 3.57. The van der Waals surface area contributed by atoms with Crippen molar-refractivity contribution in [3.63, 3.8) is 0 Å². The number of pyridine rings is 1. The van der Waals surface area contributed by atoms with Gasteiger partial charge >= 0.3 is 6.18 Å². The third-order valence-corrected chi connectivity index (χ3v) is 3.84. The number of alkyl halides is 3. The number of aromatic nitrogens is 1. The van der Waals surface area contributed by atoms with Crippen LogP contribution in [0.3, 0.4) is 0 Å². The number of hydrogen-bond donors (Lipinski definition) is 1. The summed E-state index contributed by atoms with van der Waals surface area (Å²) in [7, 11) is 0. The average Bonchev–Trinajstić information content (AvgIpc) is 2.66. The summed E-state index contributed by atoms with van der Waals surface area (Å²) in [4.78, 5) is 15.7. The number of ether oxygens (including phenoxy) is 2. The van der Waals surface area contributed by atoms with Crippen LogP contribution in [0.25, 0.3) is 0 Å². The van der Waals surface area contributed by atoms with E-state index in [-0.39, 0.29) is 16.5 Å². The number of carbonyl (C=O) groups excluding carboxylic acids is 1. The Hall–Kier alpha value is -2.32. The van der Waals surface area contributed by atoms with Crippen LogP contribution in [-0.4, -0.2) is 43.4 Å². The standard InChI is InChI=1S/C19H20ClF3N2O3/c20-16-11-15(12-25-18(16)28-13-19(21,22)23)17(26)24-8-4-9-27-10-7-14-5-2-1-3-6-14/h1-3,5-6,11-12H,4,7-10,13H2,(H,24,26). The summed E-state index contributed by atoms with van der Waals surface area (Å²) in [6.45, 7) is -0.0309. The van der Waals surface area contributed by atoms with Gasteiger partial charge in [0.15, 0.2) is 6.61 Å². The first-order valence-electron chi connectivity index (χ1n) is 8.60. The summed E-state index contributed by atoms with van der Waals surface area (Å²) in [6.07, 6.45) is -1.94. The highest BCUT2D eigenvalue weighted by molar-refractivity contribution is 6.32. The van der Waals surface area contributed by atoms with Crippen molar-refractivity contribution >= 4 is 17.5 Å². The minimum atomic E-state index is -4.50. The van der Waals surface area contributed by atoms with Crippen molar-refractivity contribution in [2.45, 2.75) is 19.0 Å². The molecule has 0 aliphatic heterocycles. The predicted octanol–water partition coefficient (Wildman–Crippen LogP) is 4.06. The van der Waals surface area contributed by atoms with E-state index < -0.39 is 18.7 Å². The fraction of sp³-hybridized carbons (Fsp3) is 0.368. The third kappa shape index (κ3) is 8.14. The quantitative estimate of drug-likeness (QED) is 0.593. The zero-order chi connectivity index (χ0) is 20.4. The SMILES string of the molecule is O=C(NCCCOCCc1ccccc1)c1cnc(OCC(F)(F)F)c(Cl)c1. The second-order valence-corrected chi connectivity index (χ2v) is 6.28. The van der Waals surface area contributed by atoms with E-state index >= 15 is 0 Å². The molecule has 2 aromatic rings. The van der Waals surface area contributed by atoms with Crippen LogP contribution in [-0.2, 0) is 11.2 Å². The zero-order valence-electron chi connectivity index (χ0n) is 15.0. The molecule has 1 heterocycles. The normalized spacial score (nSPS) is 11.3. The van der Waals surface area contributed by atoms with Gasteiger partial charge < -0.3 is 14.8 Å². The smallest absolute Gasteiger partial charge is 0.422 e. The molecule has 0 aliphatic rings. The molecule has 1 aromatic heterocycles. The Kier molecular flexibility index (Phi) is 8.53. The molecule has 0 saturated carbocycles. The fourth-order valence-corrected chi connectivity index (χ4v) is 2.44. The number of amides is 1. The number of rotatable bonds is 10. The van der Waals surface area contributed by atoms with Gasteiger partial charge in [-0.1, -0.05) is 41.9 Å². The molecular weight excluding hydrogens is 397 g/mol. The molecule has 0 fully saturated rings. The predicted molar refractivity (Wildman–Crippen MR) is 98.7 cm³/mol. The Bertz CT molecular complexity index is 758. The molecule has 2 rings (SSSR count). The molecule has 1 N–H and O–H groups in total. The van der Waals surface area contributed by atoms with E-state index in [9.17, 15) is 18.0 Å². The molecule has 0 radical (unpaired) electrons. The van der Waals surface area contributed by atoms with Gasteiger partial charge in [0.2, 0.25) is 5.88 Å². The lowest BCUT2D eigenvalue weighted by Crippen LogP contribution is -2.25. The summed E-state index contributed by atoms with van der Waals surface area (Å²) in [5, 5.41) is 2.51. The number of hydrogen-bond acceptors (Lipinski definition) is 4. The lowest BCUT2D eigenvalue weighted by Gasteiger charge is -2.10. The van der Waals surface area contributed by atoms with Crippen molar-refractivity contribution in [3.05, 3.63) is 58.7 Å². The molecule has 1 aromatic carbocycles. The zero-order valence-corrected chi connectivity index (χ0v) is 15.7. The Balaban J connectivity index is 1.65. The van der Waals surface area contributed by atoms with E-state index in [2.05, 4.69) is 15.0 Å². The number of nitrogens with one attached hydrogen (secondary N) is 1. The van der Waals surface area contributed by atoms with E-state index in [4.69, 9.17) is 16.3 Å². The second kappa shape index (κ2) is 10.9. The van der Waals surface area contributed by atoms with Gasteiger partial charge in [0.25, 0.3) is 5.91 Å². The Morgan fingerprint density at radius 2 is 1.93 bits per heavy atom. The summed E-state index contributed by atoms with van der Waals surface area (Å²) in [5.74, 6) is -0.802. The highest BCUT2D eigenvalue weighted by Crippen LogP contribution is 2.24. The molecule has 0 saturated heterocycles. The van der Waals surface area contributed by atoms with Gasteiger partial charge in [-0.05, 0) is 24.5 Å². The maximum absolute atomic E-state index is 12.1. The van der Waals surface area contributed by atoms with Crippen LogP contribution >= 0.6 is 11.6 Å². The van der Waals surface area contributed by atoms with Crippen molar-refractivity contribution in [1.82, 2.24) is 10.3 Å². The first-order chi connectivity index (χ1) is 13.3. The van der Waals surface area contributed by atoms with Gasteiger partial charge in [-0.3, -0.25) is 4.79 Å². The van der Waals surface area contributed by atoms with Gasteiger partial charge in [0, 0.05) is 19.3 Å². The molecule has 0 unspecified atom stereocenters. The summed E-state index contributed by atoms with van der Waals surface area (Å²) >= 11 is 5.82. The molecule has 5 nitrogen and oxygen atoms in total. The van der Waals surface area contributed by atoms with Crippen molar-refractivity contribution in [2.24, 2.45) is 0 Å². The van der Waals surface area contributed by atoms with E-state index in [1.54, 1.807) is 0 Å². The van der Waals surface area contributed by atoms with Gasteiger partial charge in [0.05, 0.1) is 12.2 Å². The number of halogens is 4. The molecule has 9 heteroatoms. The van der Waals surface area contributed by atoms with E-state index in [0.29, 0.717) is 26.2 Å². The molecule has 0 aliphatic carbocycles. The largest absolute Gasteiger partial charge is 0.467 e. The molecule has 152 valence electrons. The lowest BCUT2D eigenvalue weighted by atomic mass is 10.2. The van der Waals surface area contributed by atoms with Crippen LogP contribution in [0.15, 0.2) is 42.6 Å². The highest BCUT2D eigenvalue weighted by Gasteiger charge is 2.29. The van der Waals surface area contributed by atoms with Gasteiger partial charge in [-0.2, -0.15) is 13.2 Å². The monoisotopic (exact) mass is 416 g/mol. The van der Waals surface area contributed by atoms with Gasteiger partial charge in [-0.15, -0.1) is 0 Å². The Morgan fingerprint density at radius 1 is 1.18 bits per heavy atom. The average molecular weight is 417 g/mol. The van der Waals surface area contributed by atoms with Crippen molar-refractivity contribution < 1.29 is 27.4 Å². The molecule has 1 amide bonds. The summed E-state index contributed by atoms with van der Waals surface area (Å²) in [5.41, 5.74) is 1.33. The van der Waals surface area contributed by atoms with E-state index in [1.165, 1.54) is 11.6 Å². The fourth-order valence-electron chi connectivity index (χ4n) is 2.22. The Labute approximate surface area is 165 Å². The first kappa shape index (κ1) is 22.0. The maximum atomic E-state index is 12.1. The van der Waals surface area contributed by atoms with Gasteiger partial charge in [0.1, 0.15) is 5.02 Å². The lowest BCUT2D eigenvalue weighted by molar-refractivity contribution is -0.154.